The molecule has 1 aliphatic heterocycles. The Hall–Kier alpha value is -2.22. The zero-order chi connectivity index (χ0) is 15.1. The molecule has 0 saturated carbocycles. The number of aromatic nitrogens is 1. The number of alkyl carbamates (subject to hydrolysis) is 1. The van der Waals surface area contributed by atoms with Crippen LogP contribution >= 0.6 is 0 Å². The summed E-state index contributed by atoms with van der Waals surface area (Å²) in [4.78, 5) is 17.2. The van der Waals surface area contributed by atoms with Crippen molar-refractivity contribution in [2.45, 2.75) is 0 Å². The van der Waals surface area contributed by atoms with Crippen LogP contribution in [-0.2, 0) is 9.47 Å². The second-order valence-corrected chi connectivity index (χ2v) is 4.45. The highest BCUT2D eigenvalue weighted by atomic mass is 16.5. The van der Waals surface area contributed by atoms with E-state index in [4.69, 9.17) is 15.2 Å². The topological polar surface area (TPSA) is 98.9 Å². The molecule has 1 aromatic heterocycles. The third kappa shape index (κ3) is 4.67. The Kier molecular flexibility index (Phi) is 5.44. The summed E-state index contributed by atoms with van der Waals surface area (Å²) in [6.45, 7) is 3.63. The fraction of sp³-hybridized carbons (Fsp3) is 0.538. The summed E-state index contributed by atoms with van der Waals surface area (Å²) in [5, 5.41) is 2.52. The average molecular weight is 296 g/mol. The van der Waals surface area contributed by atoms with E-state index in [0.717, 1.165) is 18.8 Å². The number of nitrogen functional groups attached to an aromatic ring is 1. The van der Waals surface area contributed by atoms with Crippen LogP contribution in [-0.4, -0.2) is 57.6 Å². The lowest BCUT2D eigenvalue weighted by Gasteiger charge is -2.29. The van der Waals surface area contributed by atoms with Crippen molar-refractivity contribution in [3.8, 4) is 5.88 Å². The first-order chi connectivity index (χ1) is 10.2. The van der Waals surface area contributed by atoms with Crippen molar-refractivity contribution >= 4 is 17.6 Å². The number of carbonyl (C=O) groups excluding carboxylic acids is 1. The molecule has 2 rings (SSSR count). The molecule has 0 unspecified atom stereocenters. The Balaban J connectivity index is 1.90. The van der Waals surface area contributed by atoms with E-state index >= 15 is 0 Å². The van der Waals surface area contributed by atoms with Gasteiger partial charge < -0.3 is 30.2 Å². The predicted octanol–water partition coefficient (Wildman–Crippen LogP) is 0.235. The first kappa shape index (κ1) is 15.2. The molecule has 0 bridgehead atoms. The summed E-state index contributed by atoms with van der Waals surface area (Å²) >= 11 is 0. The summed E-state index contributed by atoms with van der Waals surface area (Å²) in [5.41, 5.74) is 6.76. The predicted molar refractivity (Wildman–Crippen MR) is 77.6 cm³/mol. The number of nitrogens with two attached hydrogens (primary N) is 1. The number of methoxy groups -OCH3 is 1. The maximum Gasteiger partial charge on any atom is 0.406 e. The molecule has 1 aromatic rings. The normalized spacial score (nSPS) is 14.6. The number of pyridine rings is 1. The Labute approximate surface area is 123 Å². The van der Waals surface area contributed by atoms with Gasteiger partial charge in [0.2, 0.25) is 5.88 Å². The molecule has 2 heterocycles. The molecule has 0 aliphatic carbocycles. The van der Waals surface area contributed by atoms with Crippen molar-refractivity contribution in [2.75, 3.05) is 57.2 Å². The van der Waals surface area contributed by atoms with Crippen LogP contribution in [0, 0.1) is 0 Å². The lowest BCUT2D eigenvalue weighted by atomic mass is 10.3. The fourth-order valence-electron chi connectivity index (χ4n) is 1.97. The first-order valence-corrected chi connectivity index (χ1v) is 6.74. The molecule has 0 aromatic carbocycles. The highest BCUT2D eigenvalue weighted by molar-refractivity contribution is 5.66. The standard InChI is InChI=1S/C13H20N4O4/c1-19-13(18)15-2-5-21-12-9-10(8-11(14)16-12)17-3-6-20-7-4-17/h8-9H,2-7H2,1H3,(H2,14,16)(H,15,18). The van der Waals surface area contributed by atoms with E-state index in [0.29, 0.717) is 31.5 Å². The van der Waals surface area contributed by atoms with Crippen LogP contribution in [0.4, 0.5) is 16.3 Å². The number of anilines is 2. The van der Waals surface area contributed by atoms with Gasteiger partial charge in [-0.05, 0) is 0 Å². The number of ether oxygens (including phenoxy) is 3. The first-order valence-electron chi connectivity index (χ1n) is 6.74. The molecule has 1 aliphatic rings. The maximum atomic E-state index is 10.9. The van der Waals surface area contributed by atoms with Crippen LogP contribution in [0.3, 0.4) is 0 Å². The number of amides is 1. The highest BCUT2D eigenvalue weighted by Gasteiger charge is 2.13. The van der Waals surface area contributed by atoms with Gasteiger partial charge in [-0.15, -0.1) is 0 Å². The second kappa shape index (κ2) is 7.53. The smallest absolute Gasteiger partial charge is 0.406 e. The third-order valence-electron chi connectivity index (χ3n) is 2.99. The SMILES string of the molecule is COC(=O)NCCOc1cc(N2CCOCC2)cc(N)n1. The second-order valence-electron chi connectivity index (χ2n) is 4.45. The molecule has 3 N–H and O–H groups in total. The average Bonchev–Trinajstić information content (AvgIpc) is 2.51. The fourth-order valence-corrected chi connectivity index (χ4v) is 1.97. The van der Waals surface area contributed by atoms with Crippen LogP contribution in [0.2, 0.25) is 0 Å². The summed E-state index contributed by atoms with van der Waals surface area (Å²) in [6.07, 6.45) is -0.492. The van der Waals surface area contributed by atoms with Gasteiger partial charge in [-0.25, -0.2) is 4.79 Å². The molecule has 1 saturated heterocycles. The minimum absolute atomic E-state index is 0.286. The van der Waals surface area contributed by atoms with E-state index in [1.807, 2.05) is 12.1 Å². The molecular formula is C13H20N4O4. The Morgan fingerprint density at radius 1 is 1.48 bits per heavy atom. The number of hydrogen-bond donors (Lipinski definition) is 2. The number of hydrogen-bond acceptors (Lipinski definition) is 7. The van der Waals surface area contributed by atoms with Gasteiger partial charge in [0.05, 0.1) is 26.9 Å². The highest BCUT2D eigenvalue weighted by Crippen LogP contribution is 2.23. The molecule has 1 amide bonds. The number of nitrogens with one attached hydrogen (secondary N) is 1. The minimum Gasteiger partial charge on any atom is -0.476 e. The molecule has 21 heavy (non-hydrogen) atoms. The van der Waals surface area contributed by atoms with Gasteiger partial charge in [-0.2, -0.15) is 4.98 Å². The third-order valence-corrected chi connectivity index (χ3v) is 2.99. The van der Waals surface area contributed by atoms with Crippen LogP contribution in [0.15, 0.2) is 12.1 Å². The molecule has 8 nitrogen and oxygen atoms in total. The number of nitrogens with zero attached hydrogens (tertiary/aromatic N) is 2. The minimum atomic E-state index is -0.492. The Bertz CT molecular complexity index is 477. The molecule has 8 heteroatoms. The van der Waals surface area contributed by atoms with Crippen molar-refractivity contribution in [3.63, 3.8) is 0 Å². The van der Waals surface area contributed by atoms with Gasteiger partial charge in [0.15, 0.2) is 0 Å². The van der Waals surface area contributed by atoms with Crippen molar-refractivity contribution in [2.24, 2.45) is 0 Å². The van der Waals surface area contributed by atoms with E-state index in [9.17, 15) is 4.79 Å². The van der Waals surface area contributed by atoms with E-state index in [1.165, 1.54) is 7.11 Å². The van der Waals surface area contributed by atoms with Crippen LogP contribution < -0.4 is 20.7 Å². The van der Waals surface area contributed by atoms with E-state index in [1.54, 1.807) is 0 Å². The summed E-state index contributed by atoms with van der Waals surface area (Å²) in [7, 11) is 1.31. The quantitative estimate of drug-likeness (QED) is 0.751. The van der Waals surface area contributed by atoms with Gasteiger partial charge in [0.25, 0.3) is 0 Å². The van der Waals surface area contributed by atoms with E-state index in [-0.39, 0.29) is 6.61 Å². The van der Waals surface area contributed by atoms with E-state index in [2.05, 4.69) is 19.9 Å². The van der Waals surface area contributed by atoms with E-state index < -0.39 is 6.09 Å². The van der Waals surface area contributed by atoms with Gasteiger partial charge in [-0.1, -0.05) is 0 Å². The molecule has 1 fully saturated rings. The Morgan fingerprint density at radius 2 is 2.24 bits per heavy atom. The monoisotopic (exact) mass is 296 g/mol. The maximum absolute atomic E-state index is 10.9. The zero-order valence-electron chi connectivity index (χ0n) is 12.0. The summed E-state index contributed by atoms with van der Waals surface area (Å²) in [6, 6.07) is 3.64. The summed E-state index contributed by atoms with van der Waals surface area (Å²) < 4.78 is 15.3. The molecule has 0 radical (unpaired) electrons. The van der Waals surface area contributed by atoms with Crippen molar-refractivity contribution in [1.29, 1.82) is 0 Å². The molecule has 0 atom stereocenters. The Morgan fingerprint density at radius 3 is 2.95 bits per heavy atom. The summed E-state index contributed by atoms with van der Waals surface area (Å²) in [5.74, 6) is 0.832. The van der Waals surface area contributed by atoms with Gasteiger partial charge in [0.1, 0.15) is 12.4 Å². The van der Waals surface area contributed by atoms with Crippen molar-refractivity contribution < 1.29 is 19.0 Å². The van der Waals surface area contributed by atoms with Gasteiger partial charge in [-0.3, -0.25) is 0 Å². The largest absolute Gasteiger partial charge is 0.476 e. The van der Waals surface area contributed by atoms with Crippen LogP contribution in [0.1, 0.15) is 0 Å². The van der Waals surface area contributed by atoms with Gasteiger partial charge >= 0.3 is 6.09 Å². The number of rotatable bonds is 5. The molecular weight excluding hydrogens is 276 g/mol. The zero-order valence-corrected chi connectivity index (χ0v) is 12.0. The molecule has 116 valence electrons. The van der Waals surface area contributed by atoms with Crippen LogP contribution in [0.25, 0.3) is 0 Å². The lowest BCUT2D eigenvalue weighted by Crippen LogP contribution is -2.36. The molecule has 0 spiro atoms. The lowest BCUT2D eigenvalue weighted by molar-refractivity contribution is 0.122. The van der Waals surface area contributed by atoms with Gasteiger partial charge in [0, 0.05) is 30.9 Å². The van der Waals surface area contributed by atoms with Crippen LogP contribution in [0.5, 0.6) is 5.88 Å². The van der Waals surface area contributed by atoms with Crippen molar-refractivity contribution in [3.05, 3.63) is 12.1 Å². The number of morpholine rings is 1. The number of carbonyl (C=O) groups is 1. The van der Waals surface area contributed by atoms with Crippen molar-refractivity contribution in [1.82, 2.24) is 10.3 Å².